The number of hydrogen-bond acceptors (Lipinski definition) is 4. The first kappa shape index (κ1) is 16.9. The molecule has 3 aromatic rings. The Balaban J connectivity index is 1.59. The van der Waals surface area contributed by atoms with E-state index in [9.17, 15) is 4.79 Å². The number of rotatable bonds is 5. The van der Waals surface area contributed by atoms with E-state index in [1.54, 1.807) is 0 Å². The van der Waals surface area contributed by atoms with E-state index in [0.29, 0.717) is 15.8 Å². The molecule has 26 heavy (non-hydrogen) atoms. The van der Waals surface area contributed by atoms with Crippen LogP contribution in [0.2, 0.25) is 0 Å². The number of para-hydroxylation sites is 2. The molecule has 0 unspecified atom stereocenters. The van der Waals surface area contributed by atoms with Gasteiger partial charge in [0.05, 0.1) is 11.4 Å². The van der Waals surface area contributed by atoms with Crippen molar-refractivity contribution < 1.29 is 9.53 Å². The molecule has 130 valence electrons. The van der Waals surface area contributed by atoms with Gasteiger partial charge in [0, 0.05) is 22.7 Å². The van der Waals surface area contributed by atoms with Gasteiger partial charge in [-0.25, -0.2) is 0 Å². The van der Waals surface area contributed by atoms with Crippen LogP contribution in [0.3, 0.4) is 0 Å². The monoisotopic (exact) mass is 380 g/mol. The van der Waals surface area contributed by atoms with Gasteiger partial charge < -0.3 is 14.6 Å². The summed E-state index contributed by atoms with van der Waals surface area (Å²) in [4.78, 5) is 12.6. The molecule has 4 nitrogen and oxygen atoms in total. The molecule has 1 amide bonds. The minimum atomic E-state index is -0.135. The first-order valence-corrected chi connectivity index (χ1v) is 9.44. The first-order valence-electron chi connectivity index (χ1n) is 8.21. The zero-order valence-electron chi connectivity index (χ0n) is 13.8. The Morgan fingerprint density at radius 3 is 2.65 bits per heavy atom. The van der Waals surface area contributed by atoms with E-state index in [2.05, 4.69) is 28.2 Å². The predicted molar refractivity (Wildman–Crippen MR) is 110 cm³/mol. The highest BCUT2D eigenvalue weighted by molar-refractivity contribution is 8.26. The summed E-state index contributed by atoms with van der Waals surface area (Å²) in [6.45, 7) is 1.29. The van der Waals surface area contributed by atoms with E-state index in [-0.39, 0.29) is 5.91 Å². The second kappa shape index (κ2) is 7.35. The Kier molecular flexibility index (Phi) is 4.77. The van der Waals surface area contributed by atoms with Crippen LogP contribution in [-0.2, 0) is 11.3 Å². The zero-order chi connectivity index (χ0) is 17.9. The number of ether oxygens (including phenoxy) is 1. The maximum atomic E-state index is 11.9. The van der Waals surface area contributed by atoms with Crippen molar-refractivity contribution in [3.05, 3.63) is 71.3 Å². The van der Waals surface area contributed by atoms with Crippen molar-refractivity contribution in [3.8, 4) is 5.75 Å². The van der Waals surface area contributed by atoms with E-state index in [4.69, 9.17) is 17.0 Å². The molecule has 0 atom stereocenters. The van der Waals surface area contributed by atoms with Crippen LogP contribution in [0, 0.1) is 0 Å². The molecule has 1 saturated heterocycles. The lowest BCUT2D eigenvalue weighted by atomic mass is 10.1. The average molecular weight is 380 g/mol. The lowest BCUT2D eigenvalue weighted by Crippen LogP contribution is -2.17. The summed E-state index contributed by atoms with van der Waals surface area (Å²) in [6, 6.07) is 17.9. The van der Waals surface area contributed by atoms with Crippen LogP contribution < -0.4 is 10.1 Å². The number of benzene rings is 2. The van der Waals surface area contributed by atoms with E-state index >= 15 is 0 Å². The number of thiocarbonyl (C=S) groups is 1. The molecule has 0 saturated carbocycles. The topological polar surface area (TPSA) is 43.3 Å². The molecule has 1 aliphatic rings. The number of carbonyl (C=O) groups is 1. The van der Waals surface area contributed by atoms with Crippen LogP contribution in [0.1, 0.15) is 5.56 Å². The fraction of sp³-hybridized carbons (Fsp3) is 0.100. The van der Waals surface area contributed by atoms with Gasteiger partial charge in [0.15, 0.2) is 0 Å². The number of carbonyl (C=O) groups excluding carboxylic acids is 1. The second-order valence-corrected chi connectivity index (χ2v) is 7.53. The summed E-state index contributed by atoms with van der Waals surface area (Å²) in [5, 5.41) is 3.76. The van der Waals surface area contributed by atoms with Crippen molar-refractivity contribution in [1.29, 1.82) is 0 Å². The molecule has 0 radical (unpaired) electrons. The van der Waals surface area contributed by atoms with Crippen molar-refractivity contribution in [2.75, 3.05) is 6.61 Å². The highest BCUT2D eigenvalue weighted by Gasteiger charge is 2.22. The number of nitrogens with zero attached hydrogens (tertiary/aromatic N) is 1. The molecular weight excluding hydrogens is 364 g/mol. The Labute approximate surface area is 160 Å². The third kappa shape index (κ3) is 3.52. The number of nitrogens with one attached hydrogen (secondary N) is 1. The van der Waals surface area contributed by atoms with Crippen LogP contribution in [-0.4, -0.2) is 21.4 Å². The molecule has 1 fully saturated rings. The fourth-order valence-electron chi connectivity index (χ4n) is 2.92. The van der Waals surface area contributed by atoms with Crippen molar-refractivity contribution in [1.82, 2.24) is 9.88 Å². The largest absolute Gasteiger partial charge is 0.492 e. The minimum Gasteiger partial charge on any atom is -0.492 e. The molecule has 1 aliphatic heterocycles. The molecule has 1 aromatic heterocycles. The van der Waals surface area contributed by atoms with Gasteiger partial charge in [-0.3, -0.25) is 4.79 Å². The Morgan fingerprint density at radius 2 is 1.88 bits per heavy atom. The molecule has 2 aromatic carbocycles. The predicted octanol–water partition coefficient (Wildman–Crippen LogP) is 4.21. The summed E-state index contributed by atoms with van der Waals surface area (Å²) in [5.74, 6) is 0.725. The minimum absolute atomic E-state index is 0.135. The Hall–Kier alpha value is -2.57. The molecule has 2 heterocycles. The molecule has 6 heteroatoms. The lowest BCUT2D eigenvalue weighted by molar-refractivity contribution is -0.115. The normalized spacial score (nSPS) is 15.6. The molecule has 1 N–H and O–H groups in total. The van der Waals surface area contributed by atoms with E-state index in [0.717, 1.165) is 28.8 Å². The van der Waals surface area contributed by atoms with E-state index in [1.807, 2.05) is 48.5 Å². The summed E-state index contributed by atoms with van der Waals surface area (Å²) in [6.07, 6.45) is 3.96. The number of fused-ring (bicyclic) bond motifs is 1. The number of amides is 1. The van der Waals surface area contributed by atoms with Gasteiger partial charge in [-0.2, -0.15) is 0 Å². The molecule has 4 rings (SSSR count). The standard InChI is InChI=1S/C20H16N2O2S2/c23-19-18(26-20(25)21-19)12-14-13-22(17-9-5-4-8-16(14)17)10-11-24-15-6-2-1-3-7-15/h1-9,12-13H,10-11H2,(H,21,23,25)/b18-12-. The van der Waals surface area contributed by atoms with Gasteiger partial charge in [-0.05, 0) is 24.3 Å². The van der Waals surface area contributed by atoms with E-state index in [1.165, 1.54) is 11.8 Å². The second-order valence-electron chi connectivity index (χ2n) is 5.81. The van der Waals surface area contributed by atoms with Gasteiger partial charge in [0.1, 0.15) is 16.7 Å². The SMILES string of the molecule is O=C1NC(=S)S/C1=C\c1cn(CCOc2ccccc2)c2ccccc12. The number of hydrogen-bond donors (Lipinski definition) is 1. The van der Waals surface area contributed by atoms with E-state index < -0.39 is 0 Å². The zero-order valence-corrected chi connectivity index (χ0v) is 15.5. The maximum absolute atomic E-state index is 11.9. The summed E-state index contributed by atoms with van der Waals surface area (Å²) in [5.41, 5.74) is 2.12. The molecule has 0 bridgehead atoms. The quantitative estimate of drug-likeness (QED) is 0.532. The fourth-order valence-corrected chi connectivity index (χ4v) is 3.95. The van der Waals surface area contributed by atoms with Crippen LogP contribution in [0.5, 0.6) is 5.75 Å². The summed E-state index contributed by atoms with van der Waals surface area (Å²) >= 11 is 6.36. The molecular formula is C20H16N2O2S2. The van der Waals surface area contributed by atoms with Gasteiger partial charge in [0.2, 0.25) is 0 Å². The highest BCUT2D eigenvalue weighted by Crippen LogP contribution is 2.29. The van der Waals surface area contributed by atoms with Crippen molar-refractivity contribution in [3.63, 3.8) is 0 Å². The maximum Gasteiger partial charge on any atom is 0.263 e. The van der Waals surface area contributed by atoms with Gasteiger partial charge in [0.25, 0.3) is 5.91 Å². The third-order valence-corrected chi connectivity index (χ3v) is 5.25. The Bertz CT molecular complexity index is 1010. The average Bonchev–Trinajstić information content (AvgIpc) is 3.16. The smallest absolute Gasteiger partial charge is 0.263 e. The number of aromatic nitrogens is 1. The van der Waals surface area contributed by atoms with Gasteiger partial charge >= 0.3 is 0 Å². The van der Waals surface area contributed by atoms with Crippen molar-refractivity contribution >= 4 is 51.2 Å². The molecule has 0 aliphatic carbocycles. The van der Waals surface area contributed by atoms with Crippen molar-refractivity contribution in [2.24, 2.45) is 0 Å². The third-order valence-electron chi connectivity index (χ3n) is 4.09. The molecule has 0 spiro atoms. The summed E-state index contributed by atoms with van der Waals surface area (Å²) < 4.78 is 8.47. The Morgan fingerprint density at radius 1 is 1.12 bits per heavy atom. The van der Waals surface area contributed by atoms with Gasteiger partial charge in [-0.15, -0.1) is 0 Å². The van der Waals surface area contributed by atoms with Crippen LogP contribution in [0.4, 0.5) is 0 Å². The van der Waals surface area contributed by atoms with Crippen LogP contribution in [0.15, 0.2) is 65.7 Å². The first-order chi connectivity index (χ1) is 12.7. The van der Waals surface area contributed by atoms with Crippen LogP contribution in [0.25, 0.3) is 17.0 Å². The summed E-state index contributed by atoms with van der Waals surface area (Å²) in [7, 11) is 0. The highest BCUT2D eigenvalue weighted by atomic mass is 32.2. The number of thioether (sulfide) groups is 1. The lowest BCUT2D eigenvalue weighted by Gasteiger charge is -2.08. The van der Waals surface area contributed by atoms with Crippen LogP contribution >= 0.6 is 24.0 Å². The van der Waals surface area contributed by atoms with Crippen molar-refractivity contribution in [2.45, 2.75) is 6.54 Å². The van der Waals surface area contributed by atoms with Gasteiger partial charge in [-0.1, -0.05) is 60.4 Å².